The molecule has 2 N–H and O–H groups in total. The largest absolute Gasteiger partial charge is 0.384 e. The van der Waals surface area contributed by atoms with E-state index < -0.39 is 10.8 Å². The number of anilines is 1. The third kappa shape index (κ3) is 4.92. The van der Waals surface area contributed by atoms with Gasteiger partial charge in [-0.1, -0.05) is 6.92 Å². The fraction of sp³-hybridized carbons (Fsp3) is 0.571. The Kier molecular flexibility index (Phi) is 6.64. The van der Waals surface area contributed by atoms with Crippen LogP contribution in [0.3, 0.4) is 0 Å². The van der Waals surface area contributed by atoms with Gasteiger partial charge in [-0.15, -0.1) is 0 Å². The summed E-state index contributed by atoms with van der Waals surface area (Å²) in [5.74, 6) is -0.187. The van der Waals surface area contributed by atoms with Gasteiger partial charge in [-0.2, -0.15) is 0 Å². The quantitative estimate of drug-likeness (QED) is 0.804. The lowest BCUT2D eigenvalue weighted by Crippen LogP contribution is -2.33. The highest BCUT2D eigenvalue weighted by molar-refractivity contribution is 7.84. The number of nitrogens with one attached hydrogen (secondary N) is 2. The summed E-state index contributed by atoms with van der Waals surface area (Å²) in [6.45, 7) is 7.00. The van der Waals surface area contributed by atoms with Gasteiger partial charge >= 0.3 is 0 Å². The van der Waals surface area contributed by atoms with Gasteiger partial charge in [0.1, 0.15) is 0 Å². The van der Waals surface area contributed by atoms with Crippen molar-refractivity contribution in [3.8, 4) is 0 Å². The van der Waals surface area contributed by atoms with E-state index in [-0.39, 0.29) is 11.2 Å². The molecule has 0 saturated heterocycles. The van der Waals surface area contributed by atoms with Crippen LogP contribution in [0.1, 0.15) is 36.3 Å². The Morgan fingerprint density at radius 2 is 2.20 bits per heavy atom. The number of hydrogen-bond donors (Lipinski definition) is 2. The highest BCUT2D eigenvalue weighted by atomic mass is 32.2. The van der Waals surface area contributed by atoms with Gasteiger partial charge in [-0.25, -0.2) is 0 Å². The van der Waals surface area contributed by atoms with E-state index in [9.17, 15) is 9.00 Å². The van der Waals surface area contributed by atoms with E-state index >= 15 is 0 Å². The van der Waals surface area contributed by atoms with Gasteiger partial charge in [0.2, 0.25) is 0 Å². The average Bonchev–Trinajstić information content (AvgIpc) is 2.42. The molecule has 2 atom stereocenters. The number of nitrogens with zero attached hydrogens (tertiary/aromatic N) is 1. The Labute approximate surface area is 123 Å². The Morgan fingerprint density at radius 3 is 2.80 bits per heavy atom. The number of carbonyl (C=O) groups excluding carboxylic acids is 1. The maximum Gasteiger partial charge on any atom is 0.254 e. The normalized spacial score (nSPS) is 13.6. The third-order valence-electron chi connectivity index (χ3n) is 2.97. The van der Waals surface area contributed by atoms with Crippen LogP contribution in [-0.2, 0) is 10.8 Å². The molecule has 1 heterocycles. The van der Waals surface area contributed by atoms with Crippen LogP contribution in [0.15, 0.2) is 12.3 Å². The molecule has 6 heteroatoms. The first-order valence-corrected chi connectivity index (χ1v) is 8.38. The summed E-state index contributed by atoms with van der Waals surface area (Å²) in [7, 11) is -0.943. The maximum atomic E-state index is 12.2. The summed E-state index contributed by atoms with van der Waals surface area (Å²) in [5, 5.41) is 5.97. The van der Waals surface area contributed by atoms with Crippen molar-refractivity contribution in [3.63, 3.8) is 0 Å². The van der Waals surface area contributed by atoms with E-state index in [1.807, 2.05) is 19.9 Å². The molecule has 0 aliphatic heterocycles. The average molecular weight is 297 g/mol. The molecular weight excluding hydrogens is 274 g/mol. The Bertz CT molecular complexity index is 491. The zero-order chi connectivity index (χ0) is 15.1. The molecule has 5 nitrogen and oxygen atoms in total. The van der Waals surface area contributed by atoms with Crippen molar-refractivity contribution in [1.29, 1.82) is 0 Å². The van der Waals surface area contributed by atoms with Crippen LogP contribution in [0, 0.1) is 6.92 Å². The van der Waals surface area contributed by atoms with Crippen molar-refractivity contribution in [2.75, 3.05) is 24.7 Å². The second kappa shape index (κ2) is 7.99. The molecule has 112 valence electrons. The molecule has 0 bridgehead atoms. The van der Waals surface area contributed by atoms with E-state index in [1.165, 1.54) is 0 Å². The first kappa shape index (κ1) is 16.6. The van der Waals surface area contributed by atoms with Gasteiger partial charge in [0.25, 0.3) is 5.91 Å². The summed E-state index contributed by atoms with van der Waals surface area (Å²) in [5.41, 5.74) is 2.18. The summed E-state index contributed by atoms with van der Waals surface area (Å²) < 4.78 is 11.3. The molecular formula is C14H23N3O2S. The van der Waals surface area contributed by atoms with Crippen molar-refractivity contribution in [3.05, 3.63) is 23.5 Å². The van der Waals surface area contributed by atoms with Crippen LogP contribution >= 0.6 is 0 Å². The minimum Gasteiger partial charge on any atom is -0.384 e. The Morgan fingerprint density at radius 1 is 1.50 bits per heavy atom. The van der Waals surface area contributed by atoms with Crippen LogP contribution in [0.2, 0.25) is 0 Å². The molecule has 1 amide bonds. The van der Waals surface area contributed by atoms with E-state index in [0.29, 0.717) is 12.1 Å². The number of amides is 1. The smallest absolute Gasteiger partial charge is 0.254 e. The van der Waals surface area contributed by atoms with E-state index in [4.69, 9.17) is 0 Å². The number of carbonyl (C=O) groups is 1. The molecule has 0 saturated carbocycles. The molecule has 0 fully saturated rings. The van der Waals surface area contributed by atoms with Crippen LogP contribution < -0.4 is 10.6 Å². The van der Waals surface area contributed by atoms with Crippen molar-refractivity contribution in [1.82, 2.24) is 10.3 Å². The summed E-state index contributed by atoms with van der Waals surface area (Å²) >= 11 is 0. The minimum atomic E-state index is -0.943. The summed E-state index contributed by atoms with van der Waals surface area (Å²) in [4.78, 5) is 16.3. The fourth-order valence-corrected chi connectivity index (χ4v) is 1.91. The van der Waals surface area contributed by atoms with Crippen LogP contribution in [0.4, 0.5) is 5.69 Å². The standard InChI is InChI=1S/C14H23N3O2S/c1-5-6-15-13-7-10(2)16-9-12(13)14(18)17-8-11(3)20(4)19/h7,9,11H,5-6,8H2,1-4H3,(H,15,16)(H,17,18). The van der Waals surface area contributed by atoms with E-state index in [2.05, 4.69) is 22.5 Å². The predicted molar refractivity (Wildman–Crippen MR) is 83.6 cm³/mol. The first-order chi connectivity index (χ1) is 9.45. The number of pyridine rings is 1. The van der Waals surface area contributed by atoms with Gasteiger partial charge in [-0.05, 0) is 26.3 Å². The van der Waals surface area contributed by atoms with Crippen molar-refractivity contribution in [2.24, 2.45) is 0 Å². The molecule has 1 aromatic heterocycles. The lowest BCUT2D eigenvalue weighted by molar-refractivity contribution is 0.0954. The van der Waals surface area contributed by atoms with Crippen molar-refractivity contribution >= 4 is 22.4 Å². The second-order valence-corrected chi connectivity index (χ2v) is 6.62. The summed E-state index contributed by atoms with van der Waals surface area (Å²) in [6.07, 6.45) is 4.20. The Hall–Kier alpha value is -1.43. The van der Waals surface area contributed by atoms with Gasteiger partial charge in [0, 0.05) is 47.3 Å². The second-order valence-electron chi connectivity index (χ2n) is 4.82. The first-order valence-electron chi connectivity index (χ1n) is 6.76. The highest BCUT2D eigenvalue weighted by Crippen LogP contribution is 2.15. The molecule has 1 aromatic rings. The molecule has 0 spiro atoms. The fourth-order valence-electron chi connectivity index (χ4n) is 1.60. The summed E-state index contributed by atoms with van der Waals surface area (Å²) in [6, 6.07) is 1.87. The maximum absolute atomic E-state index is 12.2. The van der Waals surface area contributed by atoms with Gasteiger partial charge in [0.15, 0.2) is 0 Å². The number of rotatable bonds is 7. The number of hydrogen-bond acceptors (Lipinski definition) is 4. The zero-order valence-electron chi connectivity index (χ0n) is 12.5. The van der Waals surface area contributed by atoms with Gasteiger partial charge in [0.05, 0.1) is 11.3 Å². The predicted octanol–water partition coefficient (Wildman–Crippen LogP) is 1.71. The molecule has 0 aliphatic rings. The lowest BCUT2D eigenvalue weighted by atomic mass is 10.2. The monoisotopic (exact) mass is 297 g/mol. The SMILES string of the molecule is CCCNc1cc(C)ncc1C(=O)NCC(C)S(C)=O. The molecule has 2 unspecified atom stereocenters. The lowest BCUT2D eigenvalue weighted by Gasteiger charge is -2.14. The van der Waals surface area contributed by atoms with Crippen LogP contribution in [0.5, 0.6) is 0 Å². The molecule has 20 heavy (non-hydrogen) atoms. The minimum absolute atomic E-state index is 0.0654. The molecule has 0 aromatic carbocycles. The van der Waals surface area contributed by atoms with Gasteiger partial charge in [-0.3, -0.25) is 14.0 Å². The van der Waals surface area contributed by atoms with Crippen LogP contribution in [0.25, 0.3) is 0 Å². The molecule has 0 radical (unpaired) electrons. The number of aromatic nitrogens is 1. The number of aryl methyl sites for hydroxylation is 1. The van der Waals surface area contributed by atoms with Crippen molar-refractivity contribution in [2.45, 2.75) is 32.4 Å². The molecule has 0 aliphatic carbocycles. The topological polar surface area (TPSA) is 71.1 Å². The van der Waals surface area contributed by atoms with E-state index in [0.717, 1.165) is 24.3 Å². The van der Waals surface area contributed by atoms with Crippen molar-refractivity contribution < 1.29 is 9.00 Å². The third-order valence-corrected chi connectivity index (χ3v) is 4.27. The van der Waals surface area contributed by atoms with E-state index in [1.54, 1.807) is 12.5 Å². The zero-order valence-corrected chi connectivity index (χ0v) is 13.3. The van der Waals surface area contributed by atoms with Gasteiger partial charge < -0.3 is 10.6 Å². The highest BCUT2D eigenvalue weighted by Gasteiger charge is 2.14. The van der Waals surface area contributed by atoms with Crippen LogP contribution in [-0.4, -0.2) is 39.7 Å². The Balaban J connectivity index is 2.78. The molecule has 1 rings (SSSR count).